The van der Waals surface area contributed by atoms with Crippen molar-refractivity contribution in [2.24, 2.45) is 0 Å². The van der Waals surface area contributed by atoms with Crippen LogP contribution in [0.4, 0.5) is 10.5 Å². The summed E-state index contributed by atoms with van der Waals surface area (Å²) >= 11 is 0. The SMILES string of the molecule is N#CCN(C1=C(C#N)CN(C(=O)O)CC1)c1ccc(Oc2ccccc2)cc1. The number of rotatable bonds is 5. The number of hydrogen-bond donors (Lipinski definition) is 1. The highest BCUT2D eigenvalue weighted by molar-refractivity contribution is 5.67. The topological polar surface area (TPSA) is 101 Å². The van der Waals surface area contributed by atoms with Gasteiger partial charge in [-0.15, -0.1) is 0 Å². The van der Waals surface area contributed by atoms with Crippen LogP contribution in [0.5, 0.6) is 11.5 Å². The van der Waals surface area contributed by atoms with Crippen LogP contribution in [0.25, 0.3) is 0 Å². The number of benzene rings is 2. The third kappa shape index (κ3) is 4.22. The Bertz CT molecular complexity index is 956. The van der Waals surface area contributed by atoms with Crippen molar-refractivity contribution >= 4 is 11.8 Å². The summed E-state index contributed by atoms with van der Waals surface area (Å²) in [5, 5.41) is 27.9. The van der Waals surface area contributed by atoms with Crippen LogP contribution in [0, 0.1) is 22.7 Å². The molecule has 0 unspecified atom stereocenters. The van der Waals surface area contributed by atoms with Gasteiger partial charge in [0.25, 0.3) is 0 Å². The highest BCUT2D eigenvalue weighted by Gasteiger charge is 2.26. The van der Waals surface area contributed by atoms with Crippen LogP contribution in [-0.4, -0.2) is 35.7 Å². The molecular weight excluding hydrogens is 356 g/mol. The predicted octanol–water partition coefficient (Wildman–Crippen LogP) is 3.97. The highest BCUT2D eigenvalue weighted by atomic mass is 16.5. The molecule has 2 aromatic rings. The van der Waals surface area contributed by atoms with Crippen LogP contribution in [-0.2, 0) is 0 Å². The first-order chi connectivity index (χ1) is 13.6. The molecule has 0 saturated carbocycles. The monoisotopic (exact) mass is 374 g/mol. The first-order valence-corrected chi connectivity index (χ1v) is 8.70. The van der Waals surface area contributed by atoms with Crippen LogP contribution in [0.3, 0.4) is 0 Å². The first kappa shape index (κ1) is 18.8. The second-order valence-electron chi connectivity index (χ2n) is 6.14. The maximum atomic E-state index is 11.2. The molecule has 0 radical (unpaired) electrons. The third-order valence-corrected chi connectivity index (χ3v) is 4.40. The Morgan fingerprint density at radius 3 is 2.39 bits per heavy atom. The molecule has 0 aliphatic carbocycles. The minimum absolute atomic E-state index is 0.0261. The molecule has 7 heteroatoms. The summed E-state index contributed by atoms with van der Waals surface area (Å²) in [5.74, 6) is 1.38. The summed E-state index contributed by atoms with van der Waals surface area (Å²) in [5.41, 5.74) is 1.78. The Morgan fingerprint density at radius 1 is 1.11 bits per heavy atom. The summed E-state index contributed by atoms with van der Waals surface area (Å²) in [6, 6.07) is 20.8. The Kier molecular flexibility index (Phi) is 5.78. The van der Waals surface area contributed by atoms with Crippen molar-refractivity contribution in [3.8, 4) is 23.6 Å². The van der Waals surface area contributed by atoms with Crippen molar-refractivity contribution in [1.29, 1.82) is 10.5 Å². The van der Waals surface area contributed by atoms with E-state index in [9.17, 15) is 15.3 Å². The molecule has 0 bridgehead atoms. The zero-order valence-corrected chi connectivity index (χ0v) is 15.1. The number of nitrogens with zero attached hydrogens (tertiary/aromatic N) is 4. The normalized spacial score (nSPS) is 13.4. The van der Waals surface area contributed by atoms with E-state index in [-0.39, 0.29) is 19.6 Å². The lowest BCUT2D eigenvalue weighted by Gasteiger charge is -2.32. The second kappa shape index (κ2) is 8.61. The highest BCUT2D eigenvalue weighted by Crippen LogP contribution is 2.29. The van der Waals surface area contributed by atoms with Gasteiger partial charge in [0, 0.05) is 24.4 Å². The van der Waals surface area contributed by atoms with Gasteiger partial charge in [-0.3, -0.25) is 0 Å². The smallest absolute Gasteiger partial charge is 0.407 e. The molecule has 1 aliphatic rings. The minimum atomic E-state index is -1.05. The van der Waals surface area contributed by atoms with Gasteiger partial charge in [-0.25, -0.2) is 4.79 Å². The number of nitriles is 2. The quantitative estimate of drug-likeness (QED) is 0.795. The Labute approximate surface area is 162 Å². The largest absolute Gasteiger partial charge is 0.465 e. The molecule has 0 aromatic heterocycles. The standard InChI is InChI=1S/C21H18N4O3/c22-11-13-25(20-10-12-24(21(26)27)15-16(20)14-23)17-6-8-19(9-7-17)28-18-4-2-1-3-5-18/h1-9H,10,12-13,15H2,(H,26,27). The van der Waals surface area contributed by atoms with Crippen LogP contribution in [0.15, 0.2) is 65.9 Å². The number of carbonyl (C=O) groups is 1. The van der Waals surface area contributed by atoms with Crippen molar-refractivity contribution in [2.75, 3.05) is 24.5 Å². The molecule has 28 heavy (non-hydrogen) atoms. The fourth-order valence-corrected chi connectivity index (χ4v) is 3.05. The van der Waals surface area contributed by atoms with Crippen LogP contribution < -0.4 is 9.64 Å². The fourth-order valence-electron chi connectivity index (χ4n) is 3.05. The summed E-state index contributed by atoms with van der Waals surface area (Å²) in [6.07, 6.45) is -0.680. The summed E-state index contributed by atoms with van der Waals surface area (Å²) < 4.78 is 5.78. The van der Waals surface area contributed by atoms with E-state index < -0.39 is 6.09 Å². The minimum Gasteiger partial charge on any atom is -0.465 e. The molecule has 1 amide bonds. The zero-order valence-electron chi connectivity index (χ0n) is 15.1. The summed E-state index contributed by atoms with van der Waals surface area (Å²) in [4.78, 5) is 14.1. The summed E-state index contributed by atoms with van der Waals surface area (Å²) in [7, 11) is 0. The number of hydrogen-bond acceptors (Lipinski definition) is 5. The van der Waals surface area contributed by atoms with Gasteiger partial charge in [-0.1, -0.05) is 18.2 Å². The third-order valence-electron chi connectivity index (χ3n) is 4.40. The molecule has 3 rings (SSSR count). The van der Waals surface area contributed by atoms with Gasteiger partial charge in [0.1, 0.15) is 18.0 Å². The number of carboxylic acid groups (broad SMARTS) is 1. The van der Waals surface area contributed by atoms with Crippen molar-refractivity contribution in [1.82, 2.24) is 4.90 Å². The second-order valence-corrected chi connectivity index (χ2v) is 6.14. The molecular formula is C21H18N4O3. The van der Waals surface area contributed by atoms with Crippen LogP contribution >= 0.6 is 0 Å². The van der Waals surface area contributed by atoms with Gasteiger partial charge < -0.3 is 19.6 Å². The molecule has 140 valence electrons. The van der Waals surface area contributed by atoms with Gasteiger partial charge in [0.2, 0.25) is 0 Å². The van der Waals surface area contributed by atoms with E-state index in [4.69, 9.17) is 9.84 Å². The average molecular weight is 374 g/mol. The molecule has 1 heterocycles. The van der Waals surface area contributed by atoms with Gasteiger partial charge >= 0.3 is 6.09 Å². The molecule has 0 fully saturated rings. The van der Waals surface area contributed by atoms with Gasteiger partial charge in [-0.05, 0) is 36.4 Å². The fraction of sp³-hybridized carbons (Fsp3) is 0.190. The van der Waals surface area contributed by atoms with Crippen LogP contribution in [0.1, 0.15) is 6.42 Å². The van der Waals surface area contributed by atoms with Gasteiger partial charge in [0.15, 0.2) is 0 Å². The maximum Gasteiger partial charge on any atom is 0.407 e. The van der Waals surface area contributed by atoms with E-state index in [1.165, 1.54) is 4.90 Å². The number of amides is 1. The van der Waals surface area contributed by atoms with E-state index in [2.05, 4.69) is 12.1 Å². The maximum absolute atomic E-state index is 11.2. The Balaban J connectivity index is 1.85. The molecule has 0 saturated heterocycles. The number of ether oxygens (including phenoxy) is 1. The van der Waals surface area contributed by atoms with E-state index in [0.29, 0.717) is 23.4 Å². The van der Waals surface area contributed by atoms with Crippen molar-refractivity contribution in [3.63, 3.8) is 0 Å². The predicted molar refractivity (Wildman–Crippen MR) is 103 cm³/mol. The Hall–Kier alpha value is -3.97. The van der Waals surface area contributed by atoms with Crippen LogP contribution in [0.2, 0.25) is 0 Å². The van der Waals surface area contributed by atoms with E-state index in [1.807, 2.05) is 42.5 Å². The van der Waals surface area contributed by atoms with Crippen molar-refractivity contribution < 1.29 is 14.6 Å². The molecule has 0 spiro atoms. The Morgan fingerprint density at radius 2 is 1.79 bits per heavy atom. The molecule has 1 aliphatic heterocycles. The van der Waals surface area contributed by atoms with E-state index >= 15 is 0 Å². The molecule has 0 atom stereocenters. The number of anilines is 1. The lowest BCUT2D eigenvalue weighted by Crippen LogP contribution is -2.39. The van der Waals surface area contributed by atoms with Gasteiger partial charge in [-0.2, -0.15) is 10.5 Å². The average Bonchev–Trinajstić information content (AvgIpc) is 2.73. The zero-order chi connectivity index (χ0) is 19.9. The lowest BCUT2D eigenvalue weighted by molar-refractivity contribution is 0.148. The number of para-hydroxylation sites is 1. The molecule has 1 N–H and O–H groups in total. The summed E-state index contributed by atoms with van der Waals surface area (Å²) in [6.45, 7) is 0.373. The van der Waals surface area contributed by atoms with Gasteiger partial charge in [0.05, 0.1) is 24.3 Å². The molecule has 7 nitrogen and oxygen atoms in total. The first-order valence-electron chi connectivity index (χ1n) is 8.70. The van der Waals surface area contributed by atoms with Crippen molar-refractivity contribution in [3.05, 3.63) is 65.9 Å². The molecule has 2 aromatic carbocycles. The van der Waals surface area contributed by atoms with Crippen molar-refractivity contribution in [2.45, 2.75) is 6.42 Å². The van der Waals surface area contributed by atoms with E-state index in [1.54, 1.807) is 17.0 Å². The lowest BCUT2D eigenvalue weighted by atomic mass is 10.1. The van der Waals surface area contributed by atoms with E-state index in [0.717, 1.165) is 11.4 Å².